The molecule has 0 saturated carbocycles. The lowest BCUT2D eigenvalue weighted by Gasteiger charge is -2.19. The highest BCUT2D eigenvalue weighted by Crippen LogP contribution is 2.13. The van der Waals surface area contributed by atoms with E-state index in [4.69, 9.17) is 5.11 Å². The van der Waals surface area contributed by atoms with Crippen molar-refractivity contribution in [1.82, 2.24) is 4.31 Å². The number of hydrogen-bond acceptors (Lipinski definition) is 3. The van der Waals surface area contributed by atoms with E-state index in [0.717, 1.165) is 11.2 Å². The highest BCUT2D eigenvalue weighted by atomic mass is 32.2. The topological polar surface area (TPSA) is 74.7 Å². The summed E-state index contributed by atoms with van der Waals surface area (Å²) in [6.07, 6.45) is 0. The third kappa shape index (κ3) is 3.27. The number of carboxylic acid groups (broad SMARTS) is 1. The van der Waals surface area contributed by atoms with Crippen LogP contribution in [0, 0.1) is 5.82 Å². The van der Waals surface area contributed by atoms with Crippen LogP contribution in [0.4, 0.5) is 4.39 Å². The number of halogens is 1. The highest BCUT2D eigenvalue weighted by molar-refractivity contribution is 7.90. The smallest absolute Gasteiger partial charge is 0.323 e. The van der Waals surface area contributed by atoms with Crippen LogP contribution in [0.5, 0.6) is 0 Å². The van der Waals surface area contributed by atoms with Gasteiger partial charge in [0.2, 0.25) is 10.0 Å². The summed E-state index contributed by atoms with van der Waals surface area (Å²) >= 11 is 0. The van der Waals surface area contributed by atoms with Crippen molar-refractivity contribution < 1.29 is 22.7 Å². The molecule has 1 atom stereocenters. The monoisotopic (exact) mass is 275 g/mol. The van der Waals surface area contributed by atoms with Gasteiger partial charge in [-0.15, -0.1) is 0 Å². The van der Waals surface area contributed by atoms with E-state index in [1.54, 1.807) is 6.07 Å². The van der Waals surface area contributed by atoms with Gasteiger partial charge >= 0.3 is 5.97 Å². The van der Waals surface area contributed by atoms with Crippen LogP contribution in [0.25, 0.3) is 0 Å². The van der Waals surface area contributed by atoms with Gasteiger partial charge in [0.25, 0.3) is 0 Å². The molecule has 0 aromatic heterocycles. The van der Waals surface area contributed by atoms with E-state index in [0.29, 0.717) is 5.56 Å². The molecular formula is C11H14FNO4S. The maximum Gasteiger partial charge on any atom is 0.323 e. The maximum absolute atomic E-state index is 12.9. The lowest BCUT2D eigenvalue weighted by Crippen LogP contribution is -2.38. The van der Waals surface area contributed by atoms with Gasteiger partial charge in [-0.1, -0.05) is 12.1 Å². The summed E-state index contributed by atoms with van der Waals surface area (Å²) in [4.78, 5) is 10.7. The molecule has 0 radical (unpaired) electrons. The van der Waals surface area contributed by atoms with Crippen molar-refractivity contribution in [3.05, 3.63) is 35.6 Å². The Morgan fingerprint density at radius 3 is 2.61 bits per heavy atom. The fraction of sp³-hybridized carbons (Fsp3) is 0.364. The van der Waals surface area contributed by atoms with E-state index < -0.39 is 27.1 Å². The number of sulfonamides is 1. The molecule has 1 unspecified atom stereocenters. The van der Waals surface area contributed by atoms with Crippen molar-refractivity contribution in [2.45, 2.75) is 18.7 Å². The number of carbonyl (C=O) groups is 1. The van der Waals surface area contributed by atoms with Gasteiger partial charge in [-0.2, -0.15) is 4.31 Å². The Morgan fingerprint density at radius 2 is 2.11 bits per heavy atom. The van der Waals surface area contributed by atoms with Gasteiger partial charge in [-0.25, -0.2) is 12.8 Å². The Hall–Kier alpha value is -1.47. The highest BCUT2D eigenvalue weighted by Gasteiger charge is 2.31. The minimum absolute atomic E-state index is 0.0717. The summed E-state index contributed by atoms with van der Waals surface area (Å²) in [5.41, 5.74) is 0.457. The Balaban J connectivity index is 2.89. The van der Waals surface area contributed by atoms with Crippen molar-refractivity contribution >= 4 is 16.0 Å². The van der Waals surface area contributed by atoms with E-state index in [2.05, 4.69) is 0 Å². The molecule has 0 aliphatic carbocycles. The van der Waals surface area contributed by atoms with E-state index in [9.17, 15) is 17.6 Å². The van der Waals surface area contributed by atoms with Crippen LogP contribution >= 0.6 is 0 Å². The van der Waals surface area contributed by atoms with Gasteiger partial charge in [-0.05, 0) is 24.6 Å². The molecule has 0 bridgehead atoms. The SMILES string of the molecule is CC(C(=O)O)S(=O)(=O)N(C)Cc1cccc(F)c1. The first-order valence-corrected chi connectivity index (χ1v) is 6.68. The van der Waals surface area contributed by atoms with Gasteiger partial charge in [0, 0.05) is 13.6 Å². The fourth-order valence-electron chi connectivity index (χ4n) is 1.38. The molecule has 0 heterocycles. The zero-order valence-electron chi connectivity index (χ0n) is 10.00. The van der Waals surface area contributed by atoms with Crippen molar-refractivity contribution in [2.75, 3.05) is 7.05 Å². The number of hydrogen-bond donors (Lipinski definition) is 1. The van der Waals surface area contributed by atoms with Gasteiger partial charge in [-0.3, -0.25) is 4.79 Å². The molecule has 1 rings (SSSR count). The van der Waals surface area contributed by atoms with Gasteiger partial charge in [0.05, 0.1) is 0 Å². The standard InChI is InChI=1S/C11H14FNO4S/c1-8(11(14)15)18(16,17)13(2)7-9-4-3-5-10(12)6-9/h3-6,8H,7H2,1-2H3,(H,14,15). The van der Waals surface area contributed by atoms with Crippen LogP contribution in [0.2, 0.25) is 0 Å². The third-order valence-corrected chi connectivity index (χ3v) is 4.62. The van der Waals surface area contributed by atoms with Crippen LogP contribution in [0.3, 0.4) is 0 Å². The Bertz CT molecular complexity index is 544. The van der Waals surface area contributed by atoms with Crippen molar-refractivity contribution in [3.63, 3.8) is 0 Å². The molecule has 1 N–H and O–H groups in total. The third-order valence-electron chi connectivity index (χ3n) is 2.52. The van der Waals surface area contributed by atoms with E-state index in [1.807, 2.05) is 0 Å². The molecule has 1 aromatic rings. The first-order chi connectivity index (χ1) is 8.25. The van der Waals surface area contributed by atoms with Crippen molar-refractivity contribution in [2.24, 2.45) is 0 Å². The molecule has 7 heteroatoms. The Kier molecular flexibility index (Phi) is 4.42. The molecule has 0 spiro atoms. The summed E-state index contributed by atoms with van der Waals surface area (Å²) in [6.45, 7) is 1.03. The second-order valence-corrected chi connectivity index (χ2v) is 6.27. The van der Waals surface area contributed by atoms with Crippen molar-refractivity contribution in [1.29, 1.82) is 0 Å². The molecule has 18 heavy (non-hydrogen) atoms. The van der Waals surface area contributed by atoms with Crippen LogP contribution in [-0.2, 0) is 21.4 Å². The first-order valence-electron chi connectivity index (χ1n) is 5.17. The van der Waals surface area contributed by atoms with Gasteiger partial charge in [0.15, 0.2) is 5.25 Å². The maximum atomic E-state index is 12.9. The van der Waals surface area contributed by atoms with E-state index in [1.165, 1.54) is 25.2 Å². The minimum atomic E-state index is -3.94. The molecule has 0 aliphatic heterocycles. The predicted octanol–water partition coefficient (Wildman–Crippen LogP) is 1.06. The van der Waals surface area contributed by atoms with Crippen LogP contribution in [-0.4, -0.2) is 36.1 Å². The summed E-state index contributed by atoms with van der Waals surface area (Å²) in [5, 5.41) is 7.18. The average Bonchev–Trinajstić information content (AvgIpc) is 2.27. The summed E-state index contributed by atoms with van der Waals surface area (Å²) < 4.78 is 37.5. The molecule has 0 amide bonds. The van der Waals surface area contributed by atoms with E-state index in [-0.39, 0.29) is 6.54 Å². The summed E-state index contributed by atoms with van der Waals surface area (Å²) in [6, 6.07) is 5.49. The first kappa shape index (κ1) is 14.6. The summed E-state index contributed by atoms with van der Waals surface area (Å²) in [5.74, 6) is -1.88. The number of nitrogens with zero attached hydrogens (tertiary/aromatic N) is 1. The minimum Gasteiger partial charge on any atom is -0.480 e. The number of benzene rings is 1. The zero-order chi connectivity index (χ0) is 13.9. The number of carboxylic acids is 1. The van der Waals surface area contributed by atoms with Crippen LogP contribution in [0.15, 0.2) is 24.3 Å². The lowest BCUT2D eigenvalue weighted by atomic mass is 10.2. The fourth-order valence-corrected chi connectivity index (χ4v) is 2.50. The predicted molar refractivity (Wildman–Crippen MR) is 63.9 cm³/mol. The zero-order valence-corrected chi connectivity index (χ0v) is 10.8. The molecule has 0 aliphatic rings. The Morgan fingerprint density at radius 1 is 1.50 bits per heavy atom. The molecule has 5 nitrogen and oxygen atoms in total. The molecule has 100 valence electrons. The largest absolute Gasteiger partial charge is 0.480 e. The second-order valence-electron chi connectivity index (χ2n) is 3.91. The Labute approximate surface area is 105 Å². The second kappa shape index (κ2) is 5.45. The van der Waals surface area contributed by atoms with E-state index >= 15 is 0 Å². The average molecular weight is 275 g/mol. The molecule has 0 fully saturated rings. The normalized spacial score (nSPS) is 13.6. The molecule has 0 saturated heterocycles. The van der Waals surface area contributed by atoms with Crippen LogP contribution in [0.1, 0.15) is 12.5 Å². The number of aliphatic carboxylic acids is 1. The summed E-state index contributed by atoms with van der Waals surface area (Å²) in [7, 11) is -2.67. The number of rotatable bonds is 5. The van der Waals surface area contributed by atoms with Crippen molar-refractivity contribution in [3.8, 4) is 0 Å². The molecule has 1 aromatic carbocycles. The van der Waals surface area contributed by atoms with Gasteiger partial charge in [0.1, 0.15) is 5.82 Å². The van der Waals surface area contributed by atoms with Crippen LogP contribution < -0.4 is 0 Å². The van der Waals surface area contributed by atoms with Gasteiger partial charge < -0.3 is 5.11 Å². The quantitative estimate of drug-likeness (QED) is 0.872. The lowest BCUT2D eigenvalue weighted by molar-refractivity contribution is -0.136. The molecular weight excluding hydrogens is 261 g/mol.